The van der Waals surface area contributed by atoms with Gasteiger partial charge in [0.25, 0.3) is 17.7 Å². The first-order chi connectivity index (χ1) is 18.5. The van der Waals surface area contributed by atoms with Gasteiger partial charge in [-0.3, -0.25) is 4.79 Å². The molecular weight excluding hydrogens is 547 g/mol. The molecule has 0 bridgehead atoms. The number of ether oxygens (including phenoxy) is 2. The molecule has 2 aromatic heterocycles. The summed E-state index contributed by atoms with van der Waals surface area (Å²) in [7, 11) is 0. The number of hydrogen-bond acceptors (Lipinski definition) is 7. The van der Waals surface area contributed by atoms with Gasteiger partial charge in [0.1, 0.15) is 5.52 Å². The number of pyridine rings is 1. The summed E-state index contributed by atoms with van der Waals surface area (Å²) in [6, 6.07) is 12.1. The van der Waals surface area contributed by atoms with E-state index in [0.29, 0.717) is 21.6 Å². The predicted molar refractivity (Wildman–Crippen MR) is 131 cm³/mol. The molecule has 1 aliphatic rings. The van der Waals surface area contributed by atoms with Gasteiger partial charge < -0.3 is 19.4 Å². The lowest BCUT2D eigenvalue weighted by atomic mass is 10.0. The van der Waals surface area contributed by atoms with Crippen LogP contribution in [-0.2, 0) is 4.79 Å². The Morgan fingerprint density at radius 1 is 1.13 bits per heavy atom. The van der Waals surface area contributed by atoms with E-state index >= 15 is 0 Å². The Balaban J connectivity index is 1.46. The number of esters is 1. The van der Waals surface area contributed by atoms with Gasteiger partial charge in [-0.2, -0.15) is 13.2 Å². The van der Waals surface area contributed by atoms with Crippen molar-refractivity contribution in [2.24, 2.45) is 0 Å². The molecule has 1 fully saturated rings. The van der Waals surface area contributed by atoms with E-state index in [2.05, 4.69) is 19.7 Å². The molecule has 0 aliphatic carbocycles. The van der Waals surface area contributed by atoms with Crippen LogP contribution in [0.15, 0.2) is 53.7 Å². The number of nitrogens with one attached hydrogen (secondary N) is 1. The fourth-order valence-corrected chi connectivity index (χ4v) is 4.55. The van der Waals surface area contributed by atoms with Gasteiger partial charge in [0.05, 0.1) is 23.1 Å². The van der Waals surface area contributed by atoms with Crippen molar-refractivity contribution in [1.29, 1.82) is 0 Å². The Morgan fingerprint density at radius 2 is 1.90 bits per heavy atom. The van der Waals surface area contributed by atoms with Gasteiger partial charge in [-0.25, -0.2) is 23.5 Å². The van der Waals surface area contributed by atoms with Crippen LogP contribution in [0.5, 0.6) is 11.6 Å². The number of aromatic nitrogens is 3. The molecule has 204 valence electrons. The molecule has 1 unspecified atom stereocenters. The zero-order valence-corrected chi connectivity index (χ0v) is 20.9. The molecule has 0 radical (unpaired) electrons. The molecule has 1 amide bonds. The third-order valence-electron chi connectivity index (χ3n) is 6.12. The van der Waals surface area contributed by atoms with Crippen LogP contribution in [0.4, 0.5) is 22.0 Å². The monoisotopic (exact) mass is 566 g/mol. The van der Waals surface area contributed by atoms with Crippen LogP contribution in [0, 0.1) is 0 Å². The second-order valence-corrected chi connectivity index (χ2v) is 9.48. The lowest BCUT2D eigenvalue weighted by Gasteiger charge is -2.38. The number of likely N-dealkylation sites (tertiary alicyclic amines) is 1. The SMILES string of the molecule is CSc1nc2c(C(=O)N3CCC(F)(F)C(Oc4nc5ccccc5cc4OC(=O)C(F)(F)F)C3)cccc2[nH]1. The molecule has 8 nitrogen and oxygen atoms in total. The molecular formula is C25H19F5N4O4S. The molecule has 4 aromatic rings. The standard InChI is InChI=1S/C25H19F5N4O4S/c1-39-23-32-16-8-4-6-14(19(16)33-23)21(35)34-10-9-24(26,27)18(12-34)38-20-17(37-22(36)25(28,29)30)11-13-5-2-3-7-15(13)31-20/h2-8,11,18H,9-10,12H2,1H3,(H,32,33). The fourth-order valence-electron chi connectivity index (χ4n) is 4.16. The van der Waals surface area contributed by atoms with Gasteiger partial charge in [-0.15, -0.1) is 0 Å². The van der Waals surface area contributed by atoms with Crippen molar-refractivity contribution in [2.45, 2.75) is 29.8 Å². The molecule has 0 spiro atoms. The van der Waals surface area contributed by atoms with Crippen molar-refractivity contribution in [2.75, 3.05) is 19.3 Å². The van der Waals surface area contributed by atoms with Crippen LogP contribution in [-0.4, -0.2) is 69.3 Å². The van der Waals surface area contributed by atoms with Crippen molar-refractivity contribution >= 4 is 45.6 Å². The number of para-hydroxylation sites is 2. The Labute approximate surface area is 221 Å². The lowest BCUT2D eigenvalue weighted by Crippen LogP contribution is -2.55. The zero-order valence-electron chi connectivity index (χ0n) is 20.1. The van der Waals surface area contributed by atoms with Gasteiger partial charge >= 0.3 is 12.1 Å². The van der Waals surface area contributed by atoms with E-state index in [1.807, 2.05) is 0 Å². The summed E-state index contributed by atoms with van der Waals surface area (Å²) >= 11 is 1.34. The van der Waals surface area contributed by atoms with Gasteiger partial charge in [-0.1, -0.05) is 36.0 Å². The highest BCUT2D eigenvalue weighted by atomic mass is 32.2. The van der Waals surface area contributed by atoms with E-state index in [-0.39, 0.29) is 17.6 Å². The molecule has 14 heteroatoms. The van der Waals surface area contributed by atoms with E-state index in [1.54, 1.807) is 30.5 Å². The number of rotatable bonds is 5. The molecule has 3 heterocycles. The molecule has 0 saturated carbocycles. The number of fused-ring (bicyclic) bond motifs is 2. The number of thioether (sulfide) groups is 1. The smallest absolute Gasteiger partial charge is 0.463 e. The van der Waals surface area contributed by atoms with Gasteiger partial charge in [0.15, 0.2) is 17.0 Å². The summed E-state index contributed by atoms with van der Waals surface area (Å²) < 4.78 is 78.5. The predicted octanol–water partition coefficient (Wildman–Crippen LogP) is 5.23. The molecule has 1 saturated heterocycles. The number of aromatic amines is 1. The third-order valence-corrected chi connectivity index (χ3v) is 6.70. The molecule has 1 atom stereocenters. The van der Waals surface area contributed by atoms with Crippen molar-refractivity contribution < 1.29 is 41.0 Å². The minimum absolute atomic E-state index is 0.191. The van der Waals surface area contributed by atoms with Crippen molar-refractivity contribution in [3.05, 3.63) is 54.1 Å². The number of hydrogen-bond donors (Lipinski definition) is 1. The highest BCUT2D eigenvalue weighted by Gasteiger charge is 2.48. The van der Waals surface area contributed by atoms with Crippen molar-refractivity contribution in [1.82, 2.24) is 19.9 Å². The molecule has 1 aliphatic heterocycles. The number of carbonyl (C=O) groups excluding carboxylic acids is 2. The summed E-state index contributed by atoms with van der Waals surface area (Å²) in [6.45, 7) is -0.911. The van der Waals surface area contributed by atoms with Crippen molar-refractivity contribution in [3.8, 4) is 11.6 Å². The average molecular weight is 567 g/mol. The van der Waals surface area contributed by atoms with Gasteiger partial charge in [0, 0.05) is 18.4 Å². The summed E-state index contributed by atoms with van der Waals surface area (Å²) in [5, 5.41) is 0.860. The third kappa shape index (κ3) is 5.33. The summed E-state index contributed by atoms with van der Waals surface area (Å²) in [4.78, 5) is 37.5. The number of benzene rings is 2. The lowest BCUT2D eigenvalue weighted by molar-refractivity contribution is -0.190. The number of piperidine rings is 1. The maximum absolute atomic E-state index is 15.0. The summed E-state index contributed by atoms with van der Waals surface area (Å²) in [5.41, 5.74) is 1.37. The second kappa shape index (κ2) is 9.98. The molecule has 2 aromatic carbocycles. The second-order valence-electron chi connectivity index (χ2n) is 8.69. The first kappa shape index (κ1) is 26.7. The highest BCUT2D eigenvalue weighted by Crippen LogP contribution is 2.37. The van der Waals surface area contributed by atoms with E-state index in [4.69, 9.17) is 4.74 Å². The number of halogens is 5. The fraction of sp³-hybridized carbons (Fsp3) is 0.280. The molecule has 5 rings (SSSR count). The normalized spacial score (nSPS) is 17.4. The number of carbonyl (C=O) groups is 2. The maximum atomic E-state index is 15.0. The Kier molecular flexibility index (Phi) is 6.83. The molecule has 1 N–H and O–H groups in total. The van der Waals surface area contributed by atoms with Crippen LogP contribution in [0.2, 0.25) is 0 Å². The van der Waals surface area contributed by atoms with Crippen LogP contribution < -0.4 is 9.47 Å². The van der Waals surface area contributed by atoms with Crippen LogP contribution in [0.3, 0.4) is 0 Å². The number of H-pyrrole nitrogens is 1. The van der Waals surface area contributed by atoms with E-state index in [9.17, 15) is 31.5 Å². The van der Waals surface area contributed by atoms with Gasteiger partial charge in [-0.05, 0) is 30.5 Å². The van der Waals surface area contributed by atoms with Crippen LogP contribution >= 0.6 is 11.8 Å². The first-order valence-corrected chi connectivity index (χ1v) is 12.7. The highest BCUT2D eigenvalue weighted by molar-refractivity contribution is 7.98. The minimum Gasteiger partial charge on any atom is -0.463 e. The first-order valence-electron chi connectivity index (χ1n) is 11.5. The zero-order chi connectivity index (χ0) is 27.9. The average Bonchev–Trinajstić information content (AvgIpc) is 3.33. The minimum atomic E-state index is -5.34. The number of imidazole rings is 1. The Hall–Kier alpha value is -3.94. The Bertz CT molecular complexity index is 1580. The summed E-state index contributed by atoms with van der Waals surface area (Å²) in [6.07, 6.45) is -6.31. The van der Waals surface area contributed by atoms with Crippen LogP contribution in [0.25, 0.3) is 21.9 Å². The van der Waals surface area contributed by atoms with Crippen LogP contribution in [0.1, 0.15) is 16.8 Å². The number of nitrogens with zero attached hydrogens (tertiary/aromatic N) is 3. The van der Waals surface area contributed by atoms with E-state index in [0.717, 1.165) is 11.0 Å². The van der Waals surface area contributed by atoms with E-state index < -0.39 is 54.7 Å². The topological polar surface area (TPSA) is 97.4 Å². The maximum Gasteiger partial charge on any atom is 0.491 e. The molecule has 39 heavy (non-hydrogen) atoms. The summed E-state index contributed by atoms with van der Waals surface area (Å²) in [5.74, 6) is -8.11. The van der Waals surface area contributed by atoms with Gasteiger partial charge in [0.2, 0.25) is 0 Å². The largest absolute Gasteiger partial charge is 0.491 e. The van der Waals surface area contributed by atoms with Crippen molar-refractivity contribution in [3.63, 3.8) is 0 Å². The number of alkyl halides is 5. The van der Waals surface area contributed by atoms with E-state index in [1.165, 1.54) is 30.0 Å². The quantitative estimate of drug-likeness (QED) is 0.201. The number of amides is 1. The Morgan fingerprint density at radius 3 is 2.64 bits per heavy atom.